The lowest BCUT2D eigenvalue weighted by Crippen LogP contribution is -2.38. The fourth-order valence-corrected chi connectivity index (χ4v) is 4.32. The van der Waals surface area contributed by atoms with Crippen LogP contribution in [0.4, 0.5) is 9.52 Å². The Labute approximate surface area is 138 Å². The highest BCUT2D eigenvalue weighted by molar-refractivity contribution is 7.15. The van der Waals surface area contributed by atoms with Crippen LogP contribution < -0.4 is 5.32 Å². The van der Waals surface area contributed by atoms with Crippen LogP contribution in [0.5, 0.6) is 0 Å². The average molecular weight is 331 g/mol. The number of carbonyl (C=O) groups excluding carboxylic acids is 1. The molecule has 0 bridgehead atoms. The molecule has 1 aromatic heterocycles. The highest BCUT2D eigenvalue weighted by Crippen LogP contribution is 2.44. The van der Waals surface area contributed by atoms with Crippen LogP contribution in [0.2, 0.25) is 0 Å². The lowest BCUT2D eigenvalue weighted by molar-refractivity contribution is -0.121. The van der Waals surface area contributed by atoms with E-state index >= 15 is 0 Å². The zero-order valence-electron chi connectivity index (χ0n) is 12.7. The molecule has 0 spiro atoms. The number of halogens is 1. The van der Waals surface area contributed by atoms with E-state index in [0.29, 0.717) is 11.0 Å². The number of hydrogen-bond acceptors (Lipinski definition) is 4. The first-order valence-corrected chi connectivity index (χ1v) is 8.90. The van der Waals surface area contributed by atoms with E-state index < -0.39 is 5.41 Å². The molecule has 2 saturated carbocycles. The van der Waals surface area contributed by atoms with Crippen LogP contribution in [0.15, 0.2) is 24.3 Å². The van der Waals surface area contributed by atoms with Gasteiger partial charge in [0.05, 0.1) is 5.41 Å². The predicted molar refractivity (Wildman–Crippen MR) is 87.1 cm³/mol. The average Bonchev–Trinajstić information content (AvgIpc) is 3.09. The summed E-state index contributed by atoms with van der Waals surface area (Å²) in [7, 11) is 0. The van der Waals surface area contributed by atoms with Gasteiger partial charge in [0.25, 0.3) is 0 Å². The zero-order chi connectivity index (χ0) is 15.9. The Bertz CT molecular complexity index is 735. The normalized spacial score (nSPS) is 19.7. The minimum absolute atomic E-state index is 0.0842. The standard InChI is InChI=1S/C17H18FN3OS/c18-13-5-3-4-12(10-13)17(8-1-2-9-17)15(22)19-16-21-20-14(23-16)11-6-7-11/h3-5,10-11H,1-2,6-9H2,(H,19,21,22). The lowest BCUT2D eigenvalue weighted by atomic mass is 9.78. The Morgan fingerprint density at radius 1 is 1.26 bits per heavy atom. The molecule has 0 saturated heterocycles. The Morgan fingerprint density at radius 2 is 2.04 bits per heavy atom. The Kier molecular flexibility index (Phi) is 3.64. The molecular formula is C17H18FN3OS. The lowest BCUT2D eigenvalue weighted by Gasteiger charge is -2.27. The van der Waals surface area contributed by atoms with Crippen LogP contribution in [0, 0.1) is 5.82 Å². The van der Waals surface area contributed by atoms with Gasteiger partial charge in [-0.2, -0.15) is 0 Å². The van der Waals surface area contributed by atoms with Crippen molar-refractivity contribution in [1.82, 2.24) is 10.2 Å². The summed E-state index contributed by atoms with van der Waals surface area (Å²) in [5.41, 5.74) is 0.118. The molecule has 0 aliphatic heterocycles. The monoisotopic (exact) mass is 331 g/mol. The van der Waals surface area contributed by atoms with Gasteiger partial charge in [-0.15, -0.1) is 10.2 Å². The molecule has 120 valence electrons. The summed E-state index contributed by atoms with van der Waals surface area (Å²) >= 11 is 1.46. The van der Waals surface area contributed by atoms with Crippen molar-refractivity contribution in [3.8, 4) is 0 Å². The largest absolute Gasteiger partial charge is 0.300 e. The van der Waals surface area contributed by atoms with Gasteiger partial charge in [0, 0.05) is 5.92 Å². The van der Waals surface area contributed by atoms with E-state index in [1.54, 1.807) is 6.07 Å². The summed E-state index contributed by atoms with van der Waals surface area (Å²) in [6.07, 6.45) is 5.78. The Balaban J connectivity index is 1.60. The maximum absolute atomic E-state index is 13.6. The first-order valence-electron chi connectivity index (χ1n) is 8.08. The summed E-state index contributed by atoms with van der Waals surface area (Å²) < 4.78 is 13.6. The molecule has 0 radical (unpaired) electrons. The molecule has 0 atom stereocenters. The molecule has 4 nitrogen and oxygen atoms in total. The van der Waals surface area contributed by atoms with Gasteiger partial charge in [0.2, 0.25) is 11.0 Å². The van der Waals surface area contributed by atoms with Crippen molar-refractivity contribution in [1.29, 1.82) is 0 Å². The van der Waals surface area contributed by atoms with E-state index in [-0.39, 0.29) is 11.7 Å². The molecule has 1 heterocycles. The molecule has 2 aromatic rings. The van der Waals surface area contributed by atoms with Gasteiger partial charge in [-0.25, -0.2) is 4.39 Å². The van der Waals surface area contributed by atoms with Crippen molar-refractivity contribution in [2.45, 2.75) is 49.9 Å². The van der Waals surface area contributed by atoms with Gasteiger partial charge in [-0.05, 0) is 43.4 Å². The zero-order valence-corrected chi connectivity index (χ0v) is 13.5. The third-order valence-electron chi connectivity index (χ3n) is 4.86. The van der Waals surface area contributed by atoms with Crippen LogP contribution in [0.25, 0.3) is 0 Å². The number of nitrogens with zero attached hydrogens (tertiary/aromatic N) is 2. The molecule has 2 fully saturated rings. The van der Waals surface area contributed by atoms with Crippen molar-refractivity contribution >= 4 is 22.4 Å². The fourth-order valence-electron chi connectivity index (χ4n) is 3.41. The summed E-state index contributed by atoms with van der Waals surface area (Å²) in [5.74, 6) is 0.148. The van der Waals surface area contributed by atoms with Gasteiger partial charge in [-0.3, -0.25) is 10.1 Å². The number of carbonyl (C=O) groups is 1. The van der Waals surface area contributed by atoms with Gasteiger partial charge in [-0.1, -0.05) is 36.3 Å². The second-order valence-electron chi connectivity index (χ2n) is 6.47. The molecule has 1 amide bonds. The topological polar surface area (TPSA) is 54.9 Å². The fraction of sp³-hybridized carbons (Fsp3) is 0.471. The highest BCUT2D eigenvalue weighted by Gasteiger charge is 2.43. The summed E-state index contributed by atoms with van der Waals surface area (Å²) in [4.78, 5) is 12.9. The molecular weight excluding hydrogens is 313 g/mol. The van der Waals surface area contributed by atoms with Crippen molar-refractivity contribution in [3.05, 3.63) is 40.7 Å². The summed E-state index contributed by atoms with van der Waals surface area (Å²) in [6, 6.07) is 6.43. The van der Waals surface area contributed by atoms with Crippen LogP contribution >= 0.6 is 11.3 Å². The molecule has 2 aliphatic carbocycles. The van der Waals surface area contributed by atoms with E-state index in [4.69, 9.17) is 0 Å². The number of rotatable bonds is 4. The number of aromatic nitrogens is 2. The quantitative estimate of drug-likeness (QED) is 0.921. The second kappa shape index (κ2) is 5.67. The smallest absolute Gasteiger partial charge is 0.236 e. The third kappa shape index (κ3) is 2.76. The van der Waals surface area contributed by atoms with Gasteiger partial charge in [0.1, 0.15) is 10.8 Å². The maximum atomic E-state index is 13.6. The summed E-state index contributed by atoms with van der Waals surface area (Å²) in [6.45, 7) is 0. The van der Waals surface area contributed by atoms with Gasteiger partial charge >= 0.3 is 0 Å². The number of nitrogens with one attached hydrogen (secondary N) is 1. The van der Waals surface area contributed by atoms with Crippen LogP contribution in [-0.4, -0.2) is 16.1 Å². The minimum atomic E-state index is -0.645. The van der Waals surface area contributed by atoms with E-state index in [1.165, 1.54) is 23.5 Å². The predicted octanol–water partition coefficient (Wildman–Crippen LogP) is 4.01. The molecule has 23 heavy (non-hydrogen) atoms. The Hall–Kier alpha value is -1.82. The van der Waals surface area contributed by atoms with Crippen molar-refractivity contribution in [3.63, 3.8) is 0 Å². The van der Waals surface area contributed by atoms with E-state index in [0.717, 1.165) is 49.1 Å². The summed E-state index contributed by atoms with van der Waals surface area (Å²) in [5, 5.41) is 12.7. The number of benzene rings is 1. The SMILES string of the molecule is O=C(Nc1nnc(C2CC2)s1)C1(c2cccc(F)c2)CCCC1. The minimum Gasteiger partial charge on any atom is -0.300 e. The maximum Gasteiger partial charge on any atom is 0.236 e. The molecule has 4 rings (SSSR count). The molecule has 1 N–H and O–H groups in total. The van der Waals surface area contributed by atoms with Gasteiger partial charge < -0.3 is 0 Å². The molecule has 6 heteroatoms. The number of anilines is 1. The third-order valence-corrected chi connectivity index (χ3v) is 5.86. The second-order valence-corrected chi connectivity index (χ2v) is 7.48. The molecule has 0 unspecified atom stereocenters. The molecule has 2 aliphatic rings. The van der Waals surface area contributed by atoms with E-state index in [9.17, 15) is 9.18 Å². The number of amides is 1. The Morgan fingerprint density at radius 3 is 2.74 bits per heavy atom. The highest BCUT2D eigenvalue weighted by atomic mass is 32.1. The van der Waals surface area contributed by atoms with Crippen molar-refractivity contribution < 1.29 is 9.18 Å². The van der Waals surface area contributed by atoms with Crippen LogP contribution in [0.3, 0.4) is 0 Å². The number of hydrogen-bond donors (Lipinski definition) is 1. The van der Waals surface area contributed by atoms with Crippen LogP contribution in [0.1, 0.15) is 55.0 Å². The van der Waals surface area contributed by atoms with Gasteiger partial charge in [0.15, 0.2) is 0 Å². The first kappa shape index (κ1) is 14.8. The first-order chi connectivity index (χ1) is 11.2. The van der Waals surface area contributed by atoms with Crippen LogP contribution in [-0.2, 0) is 10.2 Å². The van der Waals surface area contributed by atoms with Crippen molar-refractivity contribution in [2.75, 3.05) is 5.32 Å². The molecule has 1 aromatic carbocycles. The van der Waals surface area contributed by atoms with E-state index in [1.807, 2.05) is 6.07 Å². The van der Waals surface area contributed by atoms with E-state index in [2.05, 4.69) is 15.5 Å². The van der Waals surface area contributed by atoms with Crippen molar-refractivity contribution in [2.24, 2.45) is 0 Å².